The standard InChI is InChI=1S/C21H26N2O6/c1-5-23(12-14-6-8-16(26-2)9-7-14)21(25)15-10-17(27-3)20(18(11-15)28-4)29-13-19(22)24/h6-11H,5,12-13H2,1-4H3,(H2,22,24). The average Bonchev–Trinajstić information content (AvgIpc) is 2.75. The van der Waals surface area contributed by atoms with Crippen LogP contribution in [0, 0.1) is 0 Å². The second kappa shape index (κ2) is 10.2. The van der Waals surface area contributed by atoms with Crippen molar-refractivity contribution in [3.63, 3.8) is 0 Å². The number of benzene rings is 2. The number of hydrogen-bond donors (Lipinski definition) is 1. The molecule has 2 aromatic carbocycles. The van der Waals surface area contributed by atoms with Gasteiger partial charge in [-0.25, -0.2) is 0 Å². The van der Waals surface area contributed by atoms with Gasteiger partial charge in [-0.3, -0.25) is 9.59 Å². The van der Waals surface area contributed by atoms with Gasteiger partial charge in [0.15, 0.2) is 18.1 Å². The van der Waals surface area contributed by atoms with Crippen LogP contribution in [-0.2, 0) is 11.3 Å². The third kappa shape index (κ3) is 5.54. The van der Waals surface area contributed by atoms with Crippen molar-refractivity contribution < 1.29 is 28.5 Å². The quantitative estimate of drug-likeness (QED) is 0.654. The molecule has 156 valence electrons. The Labute approximate surface area is 170 Å². The molecule has 29 heavy (non-hydrogen) atoms. The van der Waals surface area contributed by atoms with E-state index in [1.165, 1.54) is 14.2 Å². The van der Waals surface area contributed by atoms with Crippen LogP contribution in [0.15, 0.2) is 36.4 Å². The van der Waals surface area contributed by atoms with Crippen LogP contribution in [0.25, 0.3) is 0 Å². The van der Waals surface area contributed by atoms with E-state index >= 15 is 0 Å². The van der Waals surface area contributed by atoms with Crippen molar-refractivity contribution in [1.82, 2.24) is 4.90 Å². The van der Waals surface area contributed by atoms with Crippen LogP contribution in [0.1, 0.15) is 22.8 Å². The fraction of sp³-hybridized carbons (Fsp3) is 0.333. The van der Waals surface area contributed by atoms with Crippen molar-refractivity contribution in [2.24, 2.45) is 5.73 Å². The highest BCUT2D eigenvalue weighted by molar-refractivity contribution is 5.95. The summed E-state index contributed by atoms with van der Waals surface area (Å²) in [5, 5.41) is 0. The van der Waals surface area contributed by atoms with Crippen LogP contribution in [0.3, 0.4) is 0 Å². The SMILES string of the molecule is CCN(Cc1ccc(OC)cc1)C(=O)c1cc(OC)c(OCC(N)=O)c(OC)c1. The van der Waals surface area contributed by atoms with Gasteiger partial charge in [-0.05, 0) is 36.8 Å². The minimum absolute atomic E-state index is 0.193. The highest BCUT2D eigenvalue weighted by atomic mass is 16.5. The predicted octanol–water partition coefficient (Wildman–Crippen LogP) is 2.24. The monoisotopic (exact) mass is 402 g/mol. The van der Waals surface area contributed by atoms with E-state index in [1.807, 2.05) is 31.2 Å². The van der Waals surface area contributed by atoms with Gasteiger partial charge in [0.25, 0.3) is 11.8 Å². The molecule has 2 rings (SSSR count). The molecule has 2 N–H and O–H groups in total. The second-order valence-electron chi connectivity index (χ2n) is 6.13. The molecule has 2 aromatic rings. The Kier molecular flexibility index (Phi) is 7.70. The van der Waals surface area contributed by atoms with Crippen molar-refractivity contribution in [2.75, 3.05) is 34.5 Å². The van der Waals surface area contributed by atoms with Crippen LogP contribution in [0.5, 0.6) is 23.0 Å². The molecule has 0 aliphatic heterocycles. The Balaban J connectivity index is 2.29. The fourth-order valence-electron chi connectivity index (χ4n) is 2.75. The zero-order valence-corrected chi connectivity index (χ0v) is 17.1. The van der Waals surface area contributed by atoms with Gasteiger partial charge >= 0.3 is 0 Å². The molecule has 0 heterocycles. The van der Waals surface area contributed by atoms with Gasteiger partial charge in [-0.1, -0.05) is 12.1 Å². The highest BCUT2D eigenvalue weighted by Crippen LogP contribution is 2.39. The molecule has 0 unspecified atom stereocenters. The summed E-state index contributed by atoms with van der Waals surface area (Å²) in [4.78, 5) is 25.8. The Morgan fingerprint density at radius 2 is 1.55 bits per heavy atom. The number of primary amides is 1. The Bertz CT molecular complexity index is 826. The van der Waals surface area contributed by atoms with Gasteiger partial charge in [-0.2, -0.15) is 0 Å². The van der Waals surface area contributed by atoms with E-state index in [9.17, 15) is 9.59 Å². The van der Waals surface area contributed by atoms with Crippen LogP contribution < -0.4 is 24.7 Å². The molecule has 0 fully saturated rings. The molecule has 8 nitrogen and oxygen atoms in total. The number of ether oxygens (including phenoxy) is 4. The Morgan fingerprint density at radius 3 is 2.00 bits per heavy atom. The van der Waals surface area contributed by atoms with Gasteiger partial charge in [-0.15, -0.1) is 0 Å². The zero-order valence-electron chi connectivity index (χ0n) is 17.1. The summed E-state index contributed by atoms with van der Waals surface area (Å²) >= 11 is 0. The van der Waals surface area contributed by atoms with Crippen molar-refractivity contribution >= 4 is 11.8 Å². The summed E-state index contributed by atoms with van der Waals surface area (Å²) < 4.78 is 21.2. The molecule has 0 saturated heterocycles. The first-order chi connectivity index (χ1) is 13.9. The second-order valence-corrected chi connectivity index (χ2v) is 6.13. The Morgan fingerprint density at radius 1 is 0.966 bits per heavy atom. The third-order valence-electron chi connectivity index (χ3n) is 4.27. The lowest BCUT2D eigenvalue weighted by Crippen LogP contribution is -2.30. The van der Waals surface area contributed by atoms with E-state index in [1.54, 1.807) is 24.1 Å². The highest BCUT2D eigenvalue weighted by Gasteiger charge is 2.21. The van der Waals surface area contributed by atoms with Gasteiger partial charge < -0.3 is 29.6 Å². The first-order valence-electron chi connectivity index (χ1n) is 9.02. The van der Waals surface area contributed by atoms with E-state index in [4.69, 9.17) is 24.7 Å². The van der Waals surface area contributed by atoms with Crippen molar-refractivity contribution in [3.05, 3.63) is 47.5 Å². The molecule has 0 aromatic heterocycles. The van der Waals surface area contributed by atoms with Gasteiger partial charge in [0.05, 0.1) is 21.3 Å². The number of amides is 2. The number of carbonyl (C=O) groups excluding carboxylic acids is 2. The molecule has 0 atom stereocenters. The van der Waals surface area contributed by atoms with Crippen LogP contribution in [0.2, 0.25) is 0 Å². The summed E-state index contributed by atoms with van der Waals surface area (Å²) in [7, 11) is 4.48. The summed E-state index contributed by atoms with van der Waals surface area (Å²) in [6.45, 7) is 2.51. The largest absolute Gasteiger partial charge is 0.497 e. The molecular weight excluding hydrogens is 376 g/mol. The molecule has 0 aliphatic carbocycles. The van der Waals surface area contributed by atoms with Gasteiger partial charge in [0.2, 0.25) is 5.75 Å². The summed E-state index contributed by atoms with van der Waals surface area (Å²) in [6.07, 6.45) is 0. The van der Waals surface area contributed by atoms with Gasteiger partial charge in [0, 0.05) is 18.7 Å². The molecule has 0 radical (unpaired) electrons. The maximum absolute atomic E-state index is 13.1. The van der Waals surface area contributed by atoms with Crippen molar-refractivity contribution in [2.45, 2.75) is 13.5 Å². The topological polar surface area (TPSA) is 100 Å². The molecule has 2 amide bonds. The lowest BCUT2D eigenvalue weighted by molar-refractivity contribution is -0.120. The molecule has 0 bridgehead atoms. The minimum atomic E-state index is -0.633. The van der Waals surface area contributed by atoms with E-state index in [0.29, 0.717) is 18.7 Å². The van der Waals surface area contributed by atoms with Crippen molar-refractivity contribution in [3.8, 4) is 23.0 Å². The first kappa shape index (κ1) is 21.9. The maximum atomic E-state index is 13.1. The number of nitrogens with two attached hydrogens (primary N) is 1. The zero-order chi connectivity index (χ0) is 21.4. The van der Waals surface area contributed by atoms with E-state index in [0.717, 1.165) is 11.3 Å². The summed E-state index contributed by atoms with van der Waals surface area (Å²) in [5.74, 6) is 0.684. The number of hydrogen-bond acceptors (Lipinski definition) is 6. The third-order valence-corrected chi connectivity index (χ3v) is 4.27. The Hall–Kier alpha value is -3.42. The number of carbonyl (C=O) groups is 2. The summed E-state index contributed by atoms with van der Waals surface area (Å²) in [6, 6.07) is 10.6. The van der Waals surface area contributed by atoms with Crippen LogP contribution in [0.4, 0.5) is 0 Å². The lowest BCUT2D eigenvalue weighted by Gasteiger charge is -2.22. The summed E-state index contributed by atoms with van der Waals surface area (Å²) in [5.41, 5.74) is 6.49. The average molecular weight is 402 g/mol. The maximum Gasteiger partial charge on any atom is 0.255 e. The number of nitrogens with zero attached hydrogens (tertiary/aromatic N) is 1. The number of rotatable bonds is 10. The number of methoxy groups -OCH3 is 3. The van der Waals surface area contributed by atoms with E-state index < -0.39 is 5.91 Å². The van der Waals surface area contributed by atoms with E-state index in [2.05, 4.69) is 0 Å². The molecular formula is C21H26N2O6. The lowest BCUT2D eigenvalue weighted by atomic mass is 10.1. The predicted molar refractivity (Wildman–Crippen MR) is 108 cm³/mol. The van der Waals surface area contributed by atoms with Crippen molar-refractivity contribution in [1.29, 1.82) is 0 Å². The molecule has 0 saturated carbocycles. The van der Waals surface area contributed by atoms with Crippen LogP contribution in [-0.4, -0.2) is 51.2 Å². The first-order valence-corrected chi connectivity index (χ1v) is 9.02. The fourth-order valence-corrected chi connectivity index (χ4v) is 2.75. The molecule has 8 heteroatoms. The molecule has 0 spiro atoms. The normalized spacial score (nSPS) is 10.2. The molecule has 0 aliphatic rings. The van der Waals surface area contributed by atoms with Gasteiger partial charge in [0.1, 0.15) is 5.75 Å². The minimum Gasteiger partial charge on any atom is -0.497 e. The van der Waals surface area contributed by atoms with Crippen LogP contribution >= 0.6 is 0 Å². The smallest absolute Gasteiger partial charge is 0.255 e. The van der Waals surface area contributed by atoms with E-state index in [-0.39, 0.29) is 29.8 Å².